The first-order chi connectivity index (χ1) is 17.6. The summed E-state index contributed by atoms with van der Waals surface area (Å²) in [5.74, 6) is -1.46. The molecule has 37 heavy (non-hydrogen) atoms. The van der Waals surface area contributed by atoms with E-state index in [-0.39, 0.29) is 29.0 Å². The molecule has 8 nitrogen and oxygen atoms in total. The third kappa shape index (κ3) is 8.76. The standard InChI is InChI=1S/C27H29N3O5S2/c1-19(31)30-37(34,35)25-10-6-5-9-24(25)22-13-11-21(12-14-22)17-28-26(32)16-27(33)29-18-23(36)15-20-7-3-2-4-8-20/h2-14,23,36H,15-18H2,1H3,(H,28,32)(H,29,33)(H,30,31)/t23-/m1/s1. The normalized spacial score (nSPS) is 11.8. The molecule has 10 heteroatoms. The van der Waals surface area contributed by atoms with Crippen LogP contribution < -0.4 is 15.4 Å². The third-order valence-corrected chi connectivity index (χ3v) is 7.24. The Bertz CT molecular complexity index is 1340. The summed E-state index contributed by atoms with van der Waals surface area (Å²) in [6, 6.07) is 23.2. The molecule has 3 rings (SSSR count). The second-order valence-corrected chi connectivity index (χ2v) is 10.8. The molecule has 0 aliphatic carbocycles. The Kier molecular flexibility index (Phi) is 9.87. The fourth-order valence-electron chi connectivity index (χ4n) is 3.65. The minimum absolute atomic E-state index is 0.00974. The molecule has 0 aliphatic rings. The van der Waals surface area contributed by atoms with Crippen LogP contribution in [0.4, 0.5) is 0 Å². The lowest BCUT2D eigenvalue weighted by atomic mass is 10.0. The van der Waals surface area contributed by atoms with Gasteiger partial charge in [0.05, 0.1) is 4.90 Å². The van der Waals surface area contributed by atoms with Crippen LogP contribution in [-0.4, -0.2) is 37.9 Å². The van der Waals surface area contributed by atoms with Gasteiger partial charge in [-0.05, 0) is 29.2 Å². The quantitative estimate of drug-likeness (QED) is 0.221. The van der Waals surface area contributed by atoms with Gasteiger partial charge in [-0.1, -0.05) is 72.8 Å². The van der Waals surface area contributed by atoms with E-state index in [0.29, 0.717) is 24.1 Å². The van der Waals surface area contributed by atoms with E-state index in [1.54, 1.807) is 42.5 Å². The van der Waals surface area contributed by atoms with E-state index in [2.05, 4.69) is 23.3 Å². The number of nitrogens with one attached hydrogen (secondary N) is 3. The molecule has 0 fully saturated rings. The molecule has 0 radical (unpaired) electrons. The molecule has 3 aromatic carbocycles. The van der Waals surface area contributed by atoms with Gasteiger partial charge in [-0.15, -0.1) is 0 Å². The van der Waals surface area contributed by atoms with Crippen LogP contribution in [0, 0.1) is 0 Å². The van der Waals surface area contributed by atoms with Crippen molar-refractivity contribution in [1.29, 1.82) is 0 Å². The number of benzene rings is 3. The predicted molar refractivity (Wildman–Crippen MR) is 145 cm³/mol. The third-order valence-electron chi connectivity index (χ3n) is 5.38. The van der Waals surface area contributed by atoms with Gasteiger partial charge < -0.3 is 10.6 Å². The zero-order valence-electron chi connectivity index (χ0n) is 20.3. The second kappa shape index (κ2) is 13.1. The van der Waals surface area contributed by atoms with Crippen molar-refractivity contribution in [2.75, 3.05) is 6.54 Å². The fourth-order valence-corrected chi connectivity index (χ4v) is 5.17. The van der Waals surface area contributed by atoms with Gasteiger partial charge in [0.2, 0.25) is 17.7 Å². The van der Waals surface area contributed by atoms with Gasteiger partial charge in [0.15, 0.2) is 0 Å². The molecule has 3 amide bonds. The van der Waals surface area contributed by atoms with Crippen molar-refractivity contribution in [3.05, 3.63) is 90.0 Å². The highest BCUT2D eigenvalue weighted by atomic mass is 32.2. The van der Waals surface area contributed by atoms with Crippen LogP contribution in [0.1, 0.15) is 24.5 Å². The predicted octanol–water partition coefficient (Wildman–Crippen LogP) is 2.84. The van der Waals surface area contributed by atoms with E-state index in [0.717, 1.165) is 18.1 Å². The number of rotatable bonds is 11. The van der Waals surface area contributed by atoms with Gasteiger partial charge in [-0.3, -0.25) is 14.4 Å². The van der Waals surface area contributed by atoms with Gasteiger partial charge in [0.25, 0.3) is 10.0 Å². The summed E-state index contributed by atoms with van der Waals surface area (Å²) in [6.45, 7) is 1.70. The van der Waals surface area contributed by atoms with E-state index in [9.17, 15) is 22.8 Å². The van der Waals surface area contributed by atoms with Crippen molar-refractivity contribution >= 4 is 40.4 Å². The average molecular weight is 540 g/mol. The van der Waals surface area contributed by atoms with Crippen molar-refractivity contribution in [3.63, 3.8) is 0 Å². The monoisotopic (exact) mass is 539 g/mol. The Morgan fingerprint density at radius 2 is 1.43 bits per heavy atom. The number of hydrogen-bond donors (Lipinski definition) is 4. The molecule has 1 atom stereocenters. The van der Waals surface area contributed by atoms with Gasteiger partial charge in [-0.25, -0.2) is 13.1 Å². The molecule has 3 N–H and O–H groups in total. The lowest BCUT2D eigenvalue weighted by Crippen LogP contribution is -2.35. The summed E-state index contributed by atoms with van der Waals surface area (Å²) in [5.41, 5.74) is 2.98. The van der Waals surface area contributed by atoms with E-state index in [4.69, 9.17) is 0 Å². The largest absolute Gasteiger partial charge is 0.355 e. The number of sulfonamides is 1. The van der Waals surface area contributed by atoms with Crippen LogP contribution in [0.15, 0.2) is 83.8 Å². The molecule has 0 saturated heterocycles. The molecule has 0 aliphatic heterocycles. The summed E-state index contributed by atoms with van der Waals surface area (Å²) in [4.78, 5) is 35.6. The number of hydrogen-bond acceptors (Lipinski definition) is 6. The molecule has 0 aromatic heterocycles. The molecule has 3 aromatic rings. The molecule has 0 spiro atoms. The molecule has 0 heterocycles. The number of carbonyl (C=O) groups is 3. The van der Waals surface area contributed by atoms with Gasteiger partial charge in [0.1, 0.15) is 6.42 Å². The Balaban J connectivity index is 1.50. The Hall–Kier alpha value is -3.63. The summed E-state index contributed by atoms with van der Waals surface area (Å²) >= 11 is 4.50. The lowest BCUT2D eigenvalue weighted by molar-refractivity contribution is -0.129. The smallest absolute Gasteiger partial charge is 0.264 e. The highest BCUT2D eigenvalue weighted by Crippen LogP contribution is 2.27. The molecule has 194 valence electrons. The molecule has 0 bridgehead atoms. The fraction of sp³-hybridized carbons (Fsp3) is 0.222. The Morgan fingerprint density at radius 1 is 0.811 bits per heavy atom. The number of carbonyl (C=O) groups excluding carboxylic acids is 3. The number of amides is 3. The molecular formula is C27H29N3O5S2. The van der Waals surface area contributed by atoms with E-state index in [1.165, 1.54) is 6.07 Å². The highest BCUT2D eigenvalue weighted by molar-refractivity contribution is 7.90. The van der Waals surface area contributed by atoms with Crippen molar-refractivity contribution in [2.24, 2.45) is 0 Å². The van der Waals surface area contributed by atoms with Crippen molar-refractivity contribution in [3.8, 4) is 11.1 Å². The van der Waals surface area contributed by atoms with Gasteiger partial charge in [-0.2, -0.15) is 12.6 Å². The zero-order chi connectivity index (χ0) is 26.8. The SMILES string of the molecule is CC(=O)NS(=O)(=O)c1ccccc1-c1ccc(CNC(=O)CC(=O)NC[C@H](S)Cc2ccccc2)cc1. The van der Waals surface area contributed by atoms with Crippen molar-refractivity contribution in [1.82, 2.24) is 15.4 Å². The topological polar surface area (TPSA) is 121 Å². The van der Waals surface area contributed by atoms with Crippen LogP contribution >= 0.6 is 12.6 Å². The lowest BCUT2D eigenvalue weighted by Gasteiger charge is -2.13. The maximum atomic E-state index is 12.5. The molecular weight excluding hydrogens is 510 g/mol. The van der Waals surface area contributed by atoms with Crippen LogP contribution in [-0.2, 0) is 37.4 Å². The average Bonchev–Trinajstić information content (AvgIpc) is 2.86. The van der Waals surface area contributed by atoms with Crippen LogP contribution in [0.25, 0.3) is 11.1 Å². The number of thiol groups is 1. The van der Waals surface area contributed by atoms with Crippen LogP contribution in [0.3, 0.4) is 0 Å². The van der Waals surface area contributed by atoms with Crippen LogP contribution in [0.2, 0.25) is 0 Å². The van der Waals surface area contributed by atoms with Gasteiger partial charge >= 0.3 is 0 Å². The zero-order valence-corrected chi connectivity index (χ0v) is 22.0. The van der Waals surface area contributed by atoms with Gasteiger partial charge in [0, 0.05) is 30.8 Å². The summed E-state index contributed by atoms with van der Waals surface area (Å²) in [6.07, 6.45) is 0.411. The second-order valence-electron chi connectivity index (χ2n) is 8.46. The molecule has 0 unspecified atom stereocenters. The first-order valence-corrected chi connectivity index (χ1v) is 13.6. The van der Waals surface area contributed by atoms with Crippen molar-refractivity contribution in [2.45, 2.75) is 36.5 Å². The summed E-state index contributed by atoms with van der Waals surface area (Å²) < 4.78 is 27.0. The summed E-state index contributed by atoms with van der Waals surface area (Å²) in [5, 5.41) is 5.38. The minimum atomic E-state index is -4.01. The van der Waals surface area contributed by atoms with E-state index in [1.807, 2.05) is 35.1 Å². The first-order valence-electron chi connectivity index (χ1n) is 11.6. The maximum absolute atomic E-state index is 12.5. The van der Waals surface area contributed by atoms with Crippen LogP contribution in [0.5, 0.6) is 0 Å². The maximum Gasteiger partial charge on any atom is 0.264 e. The Morgan fingerprint density at radius 3 is 2.11 bits per heavy atom. The van der Waals surface area contributed by atoms with E-state index < -0.39 is 21.8 Å². The highest BCUT2D eigenvalue weighted by Gasteiger charge is 2.20. The minimum Gasteiger partial charge on any atom is -0.355 e. The Labute approximate surface area is 222 Å². The molecule has 0 saturated carbocycles. The van der Waals surface area contributed by atoms with E-state index >= 15 is 0 Å². The first kappa shape index (κ1) is 27.9. The summed E-state index contributed by atoms with van der Waals surface area (Å²) in [7, 11) is -4.01. The van der Waals surface area contributed by atoms with Crippen molar-refractivity contribution < 1.29 is 22.8 Å².